The van der Waals surface area contributed by atoms with Crippen molar-refractivity contribution in [2.24, 2.45) is 0 Å². The van der Waals surface area contributed by atoms with E-state index in [1.54, 1.807) is 0 Å². The van der Waals surface area contributed by atoms with Crippen molar-refractivity contribution in [3.05, 3.63) is 35.0 Å². The number of hydrogen-bond acceptors (Lipinski definition) is 1. The van der Waals surface area contributed by atoms with E-state index in [-0.39, 0.29) is 0 Å². The smallest absolute Gasteiger partial charge is 0.207 e. The summed E-state index contributed by atoms with van der Waals surface area (Å²) in [7, 11) is 0. The molecular formula is C11H11ClN2O. The lowest BCUT2D eigenvalue weighted by Crippen LogP contribution is -2.14. The lowest BCUT2D eigenvalue weighted by molar-refractivity contribution is -0.109. The van der Waals surface area contributed by atoms with E-state index in [2.05, 4.69) is 10.3 Å². The summed E-state index contributed by atoms with van der Waals surface area (Å²) < 4.78 is 0. The Morgan fingerprint density at radius 1 is 1.47 bits per heavy atom. The molecule has 2 N–H and O–H groups in total. The number of para-hydroxylation sites is 1. The van der Waals surface area contributed by atoms with Crippen LogP contribution in [0.1, 0.15) is 5.56 Å². The van der Waals surface area contributed by atoms with Crippen LogP contribution in [0.25, 0.3) is 10.9 Å². The highest BCUT2D eigenvalue weighted by molar-refractivity contribution is 6.35. The number of H-pyrrole nitrogens is 1. The Morgan fingerprint density at radius 2 is 2.33 bits per heavy atom. The second-order valence-corrected chi connectivity index (χ2v) is 3.71. The largest absolute Gasteiger partial charge is 0.360 e. The minimum atomic E-state index is 0.642. The number of halogens is 1. The molecule has 2 aromatic rings. The maximum Gasteiger partial charge on any atom is 0.207 e. The molecule has 78 valence electrons. The van der Waals surface area contributed by atoms with E-state index in [1.807, 2.05) is 24.4 Å². The zero-order valence-electron chi connectivity index (χ0n) is 8.09. The fourth-order valence-corrected chi connectivity index (χ4v) is 1.88. The van der Waals surface area contributed by atoms with Crippen LogP contribution < -0.4 is 5.32 Å². The van der Waals surface area contributed by atoms with Crippen molar-refractivity contribution in [1.29, 1.82) is 0 Å². The third-order valence-electron chi connectivity index (χ3n) is 2.37. The topological polar surface area (TPSA) is 44.9 Å². The fourth-order valence-electron chi connectivity index (χ4n) is 1.65. The van der Waals surface area contributed by atoms with Crippen molar-refractivity contribution in [3.8, 4) is 0 Å². The van der Waals surface area contributed by atoms with Gasteiger partial charge in [0.25, 0.3) is 0 Å². The lowest BCUT2D eigenvalue weighted by Gasteiger charge is -1.98. The van der Waals surface area contributed by atoms with Crippen LogP contribution in [0.4, 0.5) is 0 Å². The van der Waals surface area contributed by atoms with Crippen molar-refractivity contribution in [2.45, 2.75) is 6.42 Å². The molecule has 15 heavy (non-hydrogen) atoms. The summed E-state index contributed by atoms with van der Waals surface area (Å²) in [4.78, 5) is 13.2. The molecule has 2 rings (SSSR count). The van der Waals surface area contributed by atoms with Crippen LogP contribution in [0.2, 0.25) is 5.02 Å². The molecule has 0 saturated heterocycles. The molecule has 0 bridgehead atoms. The number of aromatic nitrogens is 1. The third kappa shape index (κ3) is 1.97. The first-order valence-electron chi connectivity index (χ1n) is 4.74. The Labute approximate surface area is 92.4 Å². The molecule has 4 heteroatoms. The second kappa shape index (κ2) is 4.36. The molecule has 3 nitrogen and oxygen atoms in total. The van der Waals surface area contributed by atoms with Gasteiger partial charge in [0.05, 0.1) is 10.5 Å². The molecule has 0 radical (unpaired) electrons. The molecular weight excluding hydrogens is 212 g/mol. The molecule has 0 unspecified atom stereocenters. The average Bonchev–Trinajstić information content (AvgIpc) is 2.64. The van der Waals surface area contributed by atoms with Crippen LogP contribution in [0.3, 0.4) is 0 Å². The van der Waals surface area contributed by atoms with Gasteiger partial charge in [0, 0.05) is 18.1 Å². The number of benzene rings is 1. The van der Waals surface area contributed by atoms with Gasteiger partial charge in [-0.1, -0.05) is 23.7 Å². The van der Waals surface area contributed by atoms with Gasteiger partial charge in [0.15, 0.2) is 0 Å². The van der Waals surface area contributed by atoms with Crippen molar-refractivity contribution in [3.63, 3.8) is 0 Å². The summed E-state index contributed by atoms with van der Waals surface area (Å²) in [5.41, 5.74) is 2.13. The number of aromatic amines is 1. The van der Waals surface area contributed by atoms with Crippen molar-refractivity contribution >= 4 is 28.9 Å². The van der Waals surface area contributed by atoms with Gasteiger partial charge >= 0.3 is 0 Å². The monoisotopic (exact) mass is 222 g/mol. The minimum Gasteiger partial charge on any atom is -0.360 e. The number of hydrogen-bond donors (Lipinski definition) is 2. The number of carbonyl (C=O) groups excluding carboxylic acids is 1. The molecule has 1 amide bonds. The predicted molar refractivity (Wildman–Crippen MR) is 61.1 cm³/mol. The van der Waals surface area contributed by atoms with Gasteiger partial charge < -0.3 is 10.3 Å². The van der Waals surface area contributed by atoms with Crippen molar-refractivity contribution in [1.82, 2.24) is 10.3 Å². The normalized spacial score (nSPS) is 10.5. The van der Waals surface area contributed by atoms with E-state index >= 15 is 0 Å². The van der Waals surface area contributed by atoms with Gasteiger partial charge in [-0.05, 0) is 18.1 Å². The quantitative estimate of drug-likeness (QED) is 0.604. The molecule has 0 aliphatic rings. The average molecular weight is 223 g/mol. The molecule has 1 aromatic heterocycles. The maximum atomic E-state index is 10.1. The van der Waals surface area contributed by atoms with Crippen LogP contribution in [0.15, 0.2) is 24.4 Å². The molecule has 0 atom stereocenters. The zero-order chi connectivity index (χ0) is 10.7. The predicted octanol–water partition coefficient (Wildman–Crippen LogP) is 2.11. The number of carbonyl (C=O) groups is 1. The first kappa shape index (κ1) is 10.1. The Hall–Kier alpha value is -1.48. The first-order valence-corrected chi connectivity index (χ1v) is 5.12. The SMILES string of the molecule is O=CNCCc1c[nH]c2c(Cl)cccc12. The van der Waals surface area contributed by atoms with Crippen LogP contribution >= 0.6 is 11.6 Å². The first-order chi connectivity index (χ1) is 7.33. The summed E-state index contributed by atoms with van der Waals surface area (Å²) >= 11 is 6.03. The highest BCUT2D eigenvalue weighted by Gasteiger charge is 2.05. The molecule has 1 aromatic carbocycles. The van der Waals surface area contributed by atoms with Gasteiger partial charge in [-0.25, -0.2) is 0 Å². The number of nitrogens with one attached hydrogen (secondary N) is 2. The van der Waals surface area contributed by atoms with E-state index in [1.165, 1.54) is 5.56 Å². The Kier molecular flexibility index (Phi) is 2.92. The lowest BCUT2D eigenvalue weighted by atomic mass is 10.1. The number of amides is 1. The van der Waals surface area contributed by atoms with Gasteiger partial charge in [-0.3, -0.25) is 4.79 Å². The van der Waals surface area contributed by atoms with Crippen LogP contribution in [-0.4, -0.2) is 17.9 Å². The Balaban J connectivity index is 2.28. The second-order valence-electron chi connectivity index (χ2n) is 3.30. The van der Waals surface area contributed by atoms with E-state index < -0.39 is 0 Å². The number of fused-ring (bicyclic) bond motifs is 1. The fraction of sp³-hybridized carbons (Fsp3) is 0.182. The molecule has 1 heterocycles. The minimum absolute atomic E-state index is 0.642. The summed E-state index contributed by atoms with van der Waals surface area (Å²) in [5.74, 6) is 0. The molecule has 0 aliphatic carbocycles. The number of rotatable bonds is 4. The van der Waals surface area contributed by atoms with E-state index in [0.29, 0.717) is 13.0 Å². The molecule has 0 aliphatic heterocycles. The summed E-state index contributed by atoms with van der Waals surface area (Å²) in [6, 6.07) is 5.80. The highest BCUT2D eigenvalue weighted by atomic mass is 35.5. The van der Waals surface area contributed by atoms with Gasteiger partial charge in [-0.15, -0.1) is 0 Å². The van der Waals surface area contributed by atoms with Crippen LogP contribution in [0, 0.1) is 0 Å². The van der Waals surface area contributed by atoms with Crippen molar-refractivity contribution < 1.29 is 4.79 Å². The molecule has 0 saturated carbocycles. The third-order valence-corrected chi connectivity index (χ3v) is 2.69. The van der Waals surface area contributed by atoms with E-state index in [0.717, 1.165) is 22.3 Å². The van der Waals surface area contributed by atoms with Gasteiger partial charge in [-0.2, -0.15) is 0 Å². The van der Waals surface area contributed by atoms with Crippen LogP contribution in [0.5, 0.6) is 0 Å². The van der Waals surface area contributed by atoms with E-state index in [9.17, 15) is 4.79 Å². The van der Waals surface area contributed by atoms with Crippen molar-refractivity contribution in [2.75, 3.05) is 6.54 Å². The summed E-state index contributed by atoms with van der Waals surface area (Å²) in [6.07, 6.45) is 3.45. The maximum absolute atomic E-state index is 10.1. The Bertz CT molecular complexity index is 478. The highest BCUT2D eigenvalue weighted by Crippen LogP contribution is 2.25. The van der Waals surface area contributed by atoms with Crippen LogP contribution in [-0.2, 0) is 11.2 Å². The van der Waals surface area contributed by atoms with Gasteiger partial charge in [0.2, 0.25) is 6.41 Å². The summed E-state index contributed by atoms with van der Waals surface area (Å²) in [5, 5.41) is 4.48. The summed E-state index contributed by atoms with van der Waals surface area (Å²) in [6.45, 7) is 0.642. The van der Waals surface area contributed by atoms with Gasteiger partial charge in [0.1, 0.15) is 0 Å². The molecule has 0 fully saturated rings. The zero-order valence-corrected chi connectivity index (χ0v) is 8.84. The van der Waals surface area contributed by atoms with E-state index in [4.69, 9.17) is 11.6 Å². The Morgan fingerprint density at radius 3 is 3.13 bits per heavy atom. The molecule has 0 spiro atoms. The standard InChI is InChI=1S/C11H11ClN2O/c12-10-3-1-2-9-8(4-5-13-7-15)6-14-11(9)10/h1-3,6-7,14H,4-5H2,(H,13,15).